The van der Waals surface area contributed by atoms with E-state index in [1.54, 1.807) is 0 Å². The van der Waals surface area contributed by atoms with Gasteiger partial charge in [-0.05, 0) is 23.8 Å². The Morgan fingerprint density at radius 1 is 1.33 bits per heavy atom. The monoisotopic (exact) mass is 203 g/mol. The average Bonchev–Trinajstić information content (AvgIpc) is 2.18. The summed E-state index contributed by atoms with van der Waals surface area (Å²) in [7, 11) is 0. The highest BCUT2D eigenvalue weighted by atomic mass is 16.1. The van der Waals surface area contributed by atoms with Crippen LogP contribution in [0, 0.1) is 5.41 Å². The number of rotatable bonds is 2. The van der Waals surface area contributed by atoms with Crippen LogP contribution in [0.4, 0.5) is 0 Å². The van der Waals surface area contributed by atoms with E-state index in [0.29, 0.717) is 6.42 Å². The van der Waals surface area contributed by atoms with Crippen LogP contribution in [-0.4, -0.2) is 12.5 Å². The van der Waals surface area contributed by atoms with Gasteiger partial charge in [0.05, 0.1) is 0 Å². The second kappa shape index (κ2) is 4.05. The molecule has 0 aromatic heterocycles. The summed E-state index contributed by atoms with van der Waals surface area (Å²) in [5, 5.41) is 2.88. The summed E-state index contributed by atoms with van der Waals surface area (Å²) in [6.45, 7) is 3.03. The summed E-state index contributed by atoms with van der Waals surface area (Å²) >= 11 is 0. The highest BCUT2D eigenvalue weighted by Crippen LogP contribution is 2.32. The molecule has 1 N–H and O–H groups in total. The van der Waals surface area contributed by atoms with Crippen LogP contribution in [0.3, 0.4) is 0 Å². The molecule has 1 aliphatic rings. The van der Waals surface area contributed by atoms with Crippen molar-refractivity contribution in [2.24, 2.45) is 5.41 Å². The number of piperidine rings is 1. The van der Waals surface area contributed by atoms with Crippen LogP contribution in [0.15, 0.2) is 30.3 Å². The molecular formula is C13H17NO. The van der Waals surface area contributed by atoms with Crippen LogP contribution in [-0.2, 0) is 11.2 Å². The number of carbonyl (C=O) groups is 1. The predicted molar refractivity (Wildman–Crippen MR) is 60.5 cm³/mol. The molecule has 1 heterocycles. The van der Waals surface area contributed by atoms with Crippen molar-refractivity contribution in [2.75, 3.05) is 6.54 Å². The SMILES string of the molecule is CC1(Cc2ccccc2)CCNC(=O)C1. The molecule has 1 aromatic rings. The zero-order chi connectivity index (χ0) is 10.7. The van der Waals surface area contributed by atoms with Gasteiger partial charge in [0.15, 0.2) is 0 Å². The van der Waals surface area contributed by atoms with E-state index in [4.69, 9.17) is 0 Å². The first-order valence-corrected chi connectivity index (χ1v) is 5.49. The van der Waals surface area contributed by atoms with Gasteiger partial charge in [0, 0.05) is 13.0 Å². The summed E-state index contributed by atoms with van der Waals surface area (Å²) in [4.78, 5) is 11.4. The van der Waals surface area contributed by atoms with E-state index in [0.717, 1.165) is 19.4 Å². The molecule has 0 radical (unpaired) electrons. The fourth-order valence-corrected chi connectivity index (χ4v) is 2.28. The fraction of sp³-hybridized carbons (Fsp3) is 0.462. The zero-order valence-electron chi connectivity index (χ0n) is 9.12. The predicted octanol–water partition coefficient (Wildman–Crippen LogP) is 2.15. The van der Waals surface area contributed by atoms with E-state index in [2.05, 4.69) is 36.5 Å². The van der Waals surface area contributed by atoms with E-state index < -0.39 is 0 Å². The summed E-state index contributed by atoms with van der Waals surface area (Å²) in [6, 6.07) is 10.4. The molecule has 15 heavy (non-hydrogen) atoms. The molecule has 0 spiro atoms. The molecule has 1 amide bonds. The molecule has 2 heteroatoms. The maximum atomic E-state index is 11.4. The standard InChI is InChI=1S/C13H17NO/c1-13(7-8-14-12(15)10-13)9-11-5-3-2-4-6-11/h2-6H,7-10H2,1H3,(H,14,15). The molecule has 2 nitrogen and oxygen atoms in total. The molecular weight excluding hydrogens is 186 g/mol. The normalized spacial score (nSPS) is 26.1. The van der Waals surface area contributed by atoms with Gasteiger partial charge in [0.2, 0.25) is 5.91 Å². The number of carbonyl (C=O) groups excluding carboxylic acids is 1. The first-order valence-electron chi connectivity index (χ1n) is 5.49. The van der Waals surface area contributed by atoms with Gasteiger partial charge in [-0.25, -0.2) is 0 Å². The Labute approximate surface area is 90.7 Å². The van der Waals surface area contributed by atoms with Gasteiger partial charge in [-0.2, -0.15) is 0 Å². The minimum Gasteiger partial charge on any atom is -0.356 e. The number of hydrogen-bond acceptors (Lipinski definition) is 1. The Morgan fingerprint density at radius 2 is 2.07 bits per heavy atom. The van der Waals surface area contributed by atoms with Crippen LogP contribution < -0.4 is 5.32 Å². The molecule has 0 saturated carbocycles. The topological polar surface area (TPSA) is 29.1 Å². The Bertz CT molecular complexity index is 347. The lowest BCUT2D eigenvalue weighted by Crippen LogP contribution is -2.40. The van der Waals surface area contributed by atoms with Gasteiger partial charge < -0.3 is 5.32 Å². The van der Waals surface area contributed by atoms with Crippen LogP contribution in [0.1, 0.15) is 25.3 Å². The molecule has 1 unspecified atom stereocenters. The van der Waals surface area contributed by atoms with Crippen molar-refractivity contribution in [1.29, 1.82) is 0 Å². The van der Waals surface area contributed by atoms with Crippen LogP contribution in [0.2, 0.25) is 0 Å². The second-order valence-corrected chi connectivity index (χ2v) is 4.75. The quantitative estimate of drug-likeness (QED) is 0.784. The summed E-state index contributed by atoms with van der Waals surface area (Å²) < 4.78 is 0. The van der Waals surface area contributed by atoms with Crippen molar-refractivity contribution < 1.29 is 4.79 Å². The molecule has 1 saturated heterocycles. The van der Waals surface area contributed by atoms with Crippen molar-refractivity contribution in [3.05, 3.63) is 35.9 Å². The van der Waals surface area contributed by atoms with Gasteiger partial charge in [0.1, 0.15) is 0 Å². The summed E-state index contributed by atoms with van der Waals surface area (Å²) in [6.07, 6.45) is 2.73. The van der Waals surface area contributed by atoms with Gasteiger partial charge in [-0.1, -0.05) is 37.3 Å². The summed E-state index contributed by atoms with van der Waals surface area (Å²) in [5.74, 6) is 0.194. The van der Waals surface area contributed by atoms with E-state index in [-0.39, 0.29) is 11.3 Å². The highest BCUT2D eigenvalue weighted by molar-refractivity contribution is 5.77. The third kappa shape index (κ3) is 2.58. The Hall–Kier alpha value is -1.31. The number of hydrogen-bond donors (Lipinski definition) is 1. The van der Waals surface area contributed by atoms with Gasteiger partial charge in [0.25, 0.3) is 0 Å². The highest BCUT2D eigenvalue weighted by Gasteiger charge is 2.30. The van der Waals surface area contributed by atoms with Gasteiger partial charge >= 0.3 is 0 Å². The van der Waals surface area contributed by atoms with Crippen LogP contribution in [0.25, 0.3) is 0 Å². The Morgan fingerprint density at radius 3 is 2.73 bits per heavy atom. The van der Waals surface area contributed by atoms with Crippen LogP contribution >= 0.6 is 0 Å². The first kappa shape index (κ1) is 10.2. The Kier molecular flexibility index (Phi) is 2.76. The minimum atomic E-state index is 0.143. The van der Waals surface area contributed by atoms with Gasteiger partial charge in [-0.15, -0.1) is 0 Å². The smallest absolute Gasteiger partial charge is 0.220 e. The number of amides is 1. The number of benzene rings is 1. The van der Waals surface area contributed by atoms with Crippen LogP contribution in [0.5, 0.6) is 0 Å². The third-order valence-corrected chi connectivity index (χ3v) is 3.11. The van der Waals surface area contributed by atoms with E-state index in [9.17, 15) is 4.79 Å². The third-order valence-electron chi connectivity index (χ3n) is 3.11. The average molecular weight is 203 g/mol. The van der Waals surface area contributed by atoms with E-state index in [1.807, 2.05) is 6.07 Å². The van der Waals surface area contributed by atoms with E-state index in [1.165, 1.54) is 5.56 Å². The van der Waals surface area contributed by atoms with Crippen molar-refractivity contribution >= 4 is 5.91 Å². The molecule has 1 aliphatic heterocycles. The lowest BCUT2D eigenvalue weighted by Gasteiger charge is -2.33. The molecule has 1 fully saturated rings. The lowest BCUT2D eigenvalue weighted by atomic mass is 9.76. The number of nitrogens with one attached hydrogen (secondary N) is 1. The van der Waals surface area contributed by atoms with Crippen molar-refractivity contribution in [3.8, 4) is 0 Å². The summed E-state index contributed by atoms with van der Waals surface area (Å²) in [5.41, 5.74) is 1.47. The first-order chi connectivity index (χ1) is 7.18. The minimum absolute atomic E-state index is 0.143. The molecule has 0 aliphatic carbocycles. The fourth-order valence-electron chi connectivity index (χ4n) is 2.28. The molecule has 1 aromatic carbocycles. The molecule has 1 atom stereocenters. The lowest BCUT2D eigenvalue weighted by molar-refractivity contribution is -0.125. The maximum Gasteiger partial charge on any atom is 0.220 e. The van der Waals surface area contributed by atoms with Gasteiger partial charge in [-0.3, -0.25) is 4.79 Å². The van der Waals surface area contributed by atoms with Crippen molar-refractivity contribution in [1.82, 2.24) is 5.32 Å². The second-order valence-electron chi connectivity index (χ2n) is 4.75. The maximum absolute atomic E-state index is 11.4. The van der Waals surface area contributed by atoms with Crippen molar-refractivity contribution in [3.63, 3.8) is 0 Å². The zero-order valence-corrected chi connectivity index (χ0v) is 9.12. The largest absolute Gasteiger partial charge is 0.356 e. The molecule has 0 bridgehead atoms. The Balaban J connectivity index is 2.07. The molecule has 80 valence electrons. The molecule has 2 rings (SSSR count). The van der Waals surface area contributed by atoms with E-state index >= 15 is 0 Å². The van der Waals surface area contributed by atoms with Crippen molar-refractivity contribution in [2.45, 2.75) is 26.2 Å².